The zero-order valence-electron chi connectivity index (χ0n) is 19.1. The smallest absolute Gasteiger partial charge is 0.234 e. The van der Waals surface area contributed by atoms with Crippen molar-refractivity contribution in [3.8, 4) is 0 Å². The topological polar surface area (TPSA) is 72.0 Å². The summed E-state index contributed by atoms with van der Waals surface area (Å²) in [6.07, 6.45) is 7.43. The Labute approximate surface area is 187 Å². The third-order valence-corrected chi connectivity index (χ3v) is 5.75. The Morgan fingerprint density at radius 2 is 1.77 bits per heavy atom. The summed E-state index contributed by atoms with van der Waals surface area (Å²) in [5, 5.41) is 9.91. The summed E-state index contributed by atoms with van der Waals surface area (Å²) < 4.78 is 0. The van der Waals surface area contributed by atoms with E-state index in [0.717, 1.165) is 64.5 Å². The summed E-state index contributed by atoms with van der Waals surface area (Å²) in [5.74, 6) is 1.00. The molecule has 170 valence electrons. The fraction of sp³-hybridized carbons (Fsp3) is 0.583. The molecule has 3 rings (SSSR count). The van der Waals surface area contributed by atoms with E-state index < -0.39 is 0 Å². The number of nitrogens with one attached hydrogen (secondary N) is 3. The molecule has 0 aliphatic carbocycles. The maximum absolute atomic E-state index is 11.9. The van der Waals surface area contributed by atoms with Crippen molar-refractivity contribution in [3.05, 3.63) is 42.0 Å². The Morgan fingerprint density at radius 3 is 2.42 bits per heavy atom. The molecule has 1 saturated heterocycles. The van der Waals surface area contributed by atoms with Crippen LogP contribution >= 0.6 is 0 Å². The number of anilines is 1. The lowest BCUT2D eigenvalue weighted by molar-refractivity contribution is -0.122. The maximum atomic E-state index is 11.9. The summed E-state index contributed by atoms with van der Waals surface area (Å²) in [5.41, 5.74) is 2.47. The molecule has 0 saturated carbocycles. The van der Waals surface area contributed by atoms with Gasteiger partial charge >= 0.3 is 0 Å². The van der Waals surface area contributed by atoms with Crippen LogP contribution in [0.25, 0.3) is 0 Å². The first-order valence-corrected chi connectivity index (χ1v) is 11.7. The number of aliphatic imine (C=N–C) groups is 1. The third-order valence-electron chi connectivity index (χ3n) is 5.75. The Morgan fingerprint density at radius 1 is 1.06 bits per heavy atom. The molecule has 2 aliphatic rings. The summed E-state index contributed by atoms with van der Waals surface area (Å²) in [6, 6.07) is 9.10. The number of rotatable bonds is 9. The molecule has 1 aromatic carbocycles. The predicted octanol–water partition coefficient (Wildman–Crippen LogP) is 2.11. The van der Waals surface area contributed by atoms with Gasteiger partial charge in [0.1, 0.15) is 0 Å². The first-order valence-electron chi connectivity index (χ1n) is 11.7. The number of piperidine rings is 1. The van der Waals surface area contributed by atoms with Gasteiger partial charge in [-0.1, -0.05) is 31.2 Å². The molecule has 2 heterocycles. The van der Waals surface area contributed by atoms with E-state index >= 15 is 0 Å². The maximum Gasteiger partial charge on any atom is 0.234 e. The second-order valence-electron chi connectivity index (χ2n) is 8.28. The lowest BCUT2D eigenvalue weighted by Gasteiger charge is -2.32. The Balaban J connectivity index is 1.45. The molecule has 0 atom stereocenters. The number of likely N-dealkylation sites (tertiary alicyclic amines) is 1. The monoisotopic (exact) mass is 426 g/mol. The molecule has 0 spiro atoms. The Kier molecular flexibility index (Phi) is 9.21. The molecular weight excluding hydrogens is 388 g/mol. The standard InChI is InChI=1S/C24H38N6O/c1-3-13-26-23(31)19-29-16-11-21(12-17-29)28-24(25-4-2)27-18-20-7-9-22(10-8-20)30-14-5-6-15-30/h5-10,21H,3-4,11-19H2,1-2H3,(H,26,31)(H2,25,27,28). The molecule has 0 radical (unpaired) electrons. The van der Waals surface area contributed by atoms with Crippen molar-refractivity contribution in [2.75, 3.05) is 50.7 Å². The van der Waals surface area contributed by atoms with Gasteiger partial charge in [-0.25, -0.2) is 4.99 Å². The minimum absolute atomic E-state index is 0.134. The summed E-state index contributed by atoms with van der Waals surface area (Å²) in [6.45, 7) is 10.8. The van der Waals surface area contributed by atoms with Crippen LogP contribution in [0.5, 0.6) is 0 Å². The van der Waals surface area contributed by atoms with E-state index in [1.54, 1.807) is 0 Å². The van der Waals surface area contributed by atoms with Gasteiger partial charge in [0, 0.05) is 51.0 Å². The molecule has 1 aromatic rings. The van der Waals surface area contributed by atoms with Gasteiger partial charge in [0.2, 0.25) is 5.91 Å². The molecular formula is C24H38N6O. The quantitative estimate of drug-likeness (QED) is 0.320. The van der Waals surface area contributed by atoms with E-state index in [1.165, 1.54) is 11.3 Å². The van der Waals surface area contributed by atoms with Crippen molar-refractivity contribution >= 4 is 17.6 Å². The Bertz CT molecular complexity index is 729. The van der Waals surface area contributed by atoms with Crippen LogP contribution in [0.15, 0.2) is 41.4 Å². The summed E-state index contributed by atoms with van der Waals surface area (Å²) in [4.78, 5) is 21.3. The minimum atomic E-state index is 0.134. The van der Waals surface area contributed by atoms with Crippen LogP contribution in [-0.4, -0.2) is 68.6 Å². The van der Waals surface area contributed by atoms with Crippen molar-refractivity contribution in [1.29, 1.82) is 0 Å². The number of carbonyl (C=O) groups is 1. The van der Waals surface area contributed by atoms with Crippen molar-refractivity contribution in [2.45, 2.75) is 45.7 Å². The van der Waals surface area contributed by atoms with Crippen LogP contribution in [0, 0.1) is 0 Å². The van der Waals surface area contributed by atoms with Gasteiger partial charge in [-0.15, -0.1) is 0 Å². The molecule has 7 nitrogen and oxygen atoms in total. The van der Waals surface area contributed by atoms with Crippen LogP contribution in [0.1, 0.15) is 38.7 Å². The summed E-state index contributed by atoms with van der Waals surface area (Å²) in [7, 11) is 0. The molecule has 0 bridgehead atoms. The lowest BCUT2D eigenvalue weighted by Crippen LogP contribution is -2.50. The lowest BCUT2D eigenvalue weighted by atomic mass is 10.1. The van der Waals surface area contributed by atoms with Gasteiger partial charge in [-0.2, -0.15) is 0 Å². The van der Waals surface area contributed by atoms with Crippen LogP contribution in [0.4, 0.5) is 5.69 Å². The van der Waals surface area contributed by atoms with Gasteiger partial charge in [0.25, 0.3) is 0 Å². The fourth-order valence-electron chi connectivity index (χ4n) is 3.94. The van der Waals surface area contributed by atoms with E-state index in [2.05, 4.69) is 76.0 Å². The van der Waals surface area contributed by atoms with E-state index in [-0.39, 0.29) is 5.91 Å². The number of guanidine groups is 1. The second kappa shape index (κ2) is 12.3. The molecule has 2 aliphatic heterocycles. The molecule has 31 heavy (non-hydrogen) atoms. The van der Waals surface area contributed by atoms with Crippen molar-refractivity contribution in [1.82, 2.24) is 20.9 Å². The van der Waals surface area contributed by atoms with Crippen molar-refractivity contribution in [2.24, 2.45) is 4.99 Å². The highest BCUT2D eigenvalue weighted by Gasteiger charge is 2.21. The van der Waals surface area contributed by atoms with E-state index in [0.29, 0.717) is 19.1 Å². The van der Waals surface area contributed by atoms with Crippen LogP contribution in [-0.2, 0) is 11.3 Å². The van der Waals surface area contributed by atoms with Crippen molar-refractivity contribution in [3.63, 3.8) is 0 Å². The average molecular weight is 427 g/mol. The third kappa shape index (κ3) is 7.58. The van der Waals surface area contributed by atoms with Crippen LogP contribution < -0.4 is 20.9 Å². The minimum Gasteiger partial charge on any atom is -0.364 e. The van der Waals surface area contributed by atoms with Gasteiger partial charge in [-0.05, 0) is 43.9 Å². The van der Waals surface area contributed by atoms with Crippen molar-refractivity contribution < 1.29 is 4.79 Å². The first kappa shape index (κ1) is 23.1. The molecule has 1 fully saturated rings. The highest BCUT2D eigenvalue weighted by molar-refractivity contribution is 5.80. The number of hydrogen-bond acceptors (Lipinski definition) is 4. The first-order chi connectivity index (χ1) is 15.2. The normalized spacial score (nSPS) is 17.7. The molecule has 0 unspecified atom stereocenters. The number of benzene rings is 1. The fourth-order valence-corrected chi connectivity index (χ4v) is 3.94. The number of nitrogens with zero attached hydrogens (tertiary/aromatic N) is 3. The molecule has 0 aromatic heterocycles. The van der Waals surface area contributed by atoms with E-state index in [9.17, 15) is 4.79 Å². The van der Waals surface area contributed by atoms with E-state index in [4.69, 9.17) is 4.99 Å². The number of amides is 1. The van der Waals surface area contributed by atoms with Gasteiger partial charge < -0.3 is 20.9 Å². The zero-order chi connectivity index (χ0) is 21.9. The van der Waals surface area contributed by atoms with Gasteiger partial charge in [-0.3, -0.25) is 9.69 Å². The van der Waals surface area contributed by atoms with Crippen LogP contribution in [0.3, 0.4) is 0 Å². The average Bonchev–Trinajstić information content (AvgIpc) is 3.33. The number of hydrogen-bond donors (Lipinski definition) is 3. The number of carbonyl (C=O) groups excluding carboxylic acids is 1. The van der Waals surface area contributed by atoms with Gasteiger partial charge in [0.15, 0.2) is 5.96 Å². The zero-order valence-corrected chi connectivity index (χ0v) is 19.1. The molecule has 3 N–H and O–H groups in total. The molecule has 7 heteroatoms. The largest absolute Gasteiger partial charge is 0.364 e. The second-order valence-corrected chi connectivity index (χ2v) is 8.28. The van der Waals surface area contributed by atoms with Gasteiger partial charge in [0.05, 0.1) is 13.1 Å². The highest BCUT2D eigenvalue weighted by Crippen LogP contribution is 2.18. The van der Waals surface area contributed by atoms with Crippen LogP contribution in [0.2, 0.25) is 0 Å². The van der Waals surface area contributed by atoms with E-state index in [1.807, 2.05) is 0 Å². The molecule has 1 amide bonds. The summed E-state index contributed by atoms with van der Waals surface area (Å²) >= 11 is 0. The predicted molar refractivity (Wildman–Crippen MR) is 129 cm³/mol. The highest BCUT2D eigenvalue weighted by atomic mass is 16.2. The Hall–Kier alpha value is -2.54. The SMILES string of the molecule is CCCNC(=O)CN1CCC(NC(=NCc2ccc(N3CC=CC3)cc2)NCC)CC1.